The number of phenolic OH excluding ortho intramolecular Hbond substituents is 1. The molecular weight excluding hydrogens is 1080 g/mol. The number of ketones is 1. The number of phenols is 1. The number of hydrogen-bond acceptors (Lipinski definition) is 15. The van der Waals surface area contributed by atoms with Gasteiger partial charge in [-0.3, -0.25) is 33.6 Å². The third-order valence-corrected chi connectivity index (χ3v) is 11.5. The van der Waals surface area contributed by atoms with E-state index in [1.807, 2.05) is 6.07 Å². The zero-order valence-corrected chi connectivity index (χ0v) is 45.4. The minimum Gasteiger partial charge on any atom is -0.508 e. The van der Waals surface area contributed by atoms with E-state index in [0.29, 0.717) is 101 Å². The van der Waals surface area contributed by atoms with Crippen LogP contribution in [0.25, 0.3) is 43.9 Å². The number of hydrogen-bond donors (Lipinski definition) is 9. The average Bonchev–Trinajstić information content (AvgIpc) is 3.45. The number of methoxy groups -OCH3 is 3. The van der Waals surface area contributed by atoms with Gasteiger partial charge < -0.3 is 66.1 Å². The Kier molecular flexibility index (Phi) is 25.1. The van der Waals surface area contributed by atoms with Gasteiger partial charge in [-0.05, 0) is 84.0 Å². The van der Waals surface area contributed by atoms with Crippen LogP contribution in [0.1, 0.15) is 47.0 Å². The zero-order valence-electron chi connectivity index (χ0n) is 44.6. The van der Waals surface area contributed by atoms with Crippen molar-refractivity contribution < 1.29 is 62.4 Å². The first-order valence-electron chi connectivity index (χ1n) is 24.9. The van der Waals surface area contributed by atoms with Crippen molar-refractivity contribution in [2.24, 2.45) is 5.11 Å². The van der Waals surface area contributed by atoms with Crippen LogP contribution in [-0.4, -0.2) is 137 Å². The average molecular weight is 1140 g/mol. The molecule has 0 fully saturated rings. The van der Waals surface area contributed by atoms with E-state index in [-0.39, 0.29) is 82.8 Å². The Morgan fingerprint density at radius 3 is 1.62 bits per heavy atom. The summed E-state index contributed by atoms with van der Waals surface area (Å²) in [6, 6.07) is 35.2. The third-order valence-electron chi connectivity index (χ3n) is 11.2. The predicted octanol–water partition coefficient (Wildman–Crippen LogP) is 5.55. The monoisotopic (exact) mass is 1140 g/mol. The summed E-state index contributed by atoms with van der Waals surface area (Å²) in [5, 5.41) is 43.3. The summed E-state index contributed by atoms with van der Waals surface area (Å²) < 4.78 is 19.9. The van der Waals surface area contributed by atoms with Crippen LogP contribution in [0.5, 0.6) is 5.75 Å². The molecule has 0 saturated carbocycles. The first-order chi connectivity index (χ1) is 39.5. The molecule has 24 nitrogen and oxygen atoms in total. The smallest absolute Gasteiger partial charge is 0.336 e. The normalized spacial score (nSPS) is 10.3. The topological polar surface area (TPSA) is 351 Å². The SMILES string of the molecule is COCC(=O)NCCNC(=O)c1ccc(C(=O)c2ccccc2)cc1.COCC(=O)NCCNC(=O)c1ccc(N=[N+]=[N-])cc1.COCC(=O)NCCNC(=S)Nc1ccc(-c2c3ccc(=O)cc-3oc3cc(O)ccc23)c(C(=O)O)c1. The summed E-state index contributed by atoms with van der Waals surface area (Å²) in [7, 11) is 4.30. The van der Waals surface area contributed by atoms with Gasteiger partial charge in [-0.1, -0.05) is 65.8 Å². The molecule has 82 heavy (non-hydrogen) atoms. The van der Waals surface area contributed by atoms with E-state index >= 15 is 0 Å². The second-order valence-corrected chi connectivity index (χ2v) is 17.5. The molecule has 0 radical (unpaired) electrons. The van der Waals surface area contributed by atoms with E-state index < -0.39 is 5.97 Å². The Bertz CT molecular complexity index is 3450. The van der Waals surface area contributed by atoms with E-state index in [0.717, 1.165) is 0 Å². The highest BCUT2D eigenvalue weighted by Gasteiger charge is 2.23. The summed E-state index contributed by atoms with van der Waals surface area (Å²) >= 11 is 5.28. The number of benzene rings is 6. The number of anilines is 1. The standard InChI is InChI=1S/C26H23N3O7S.C19H20N2O4.C12H15N5O3/c1-35-13-23(32)27-8-9-28-26(37)29-14-2-5-17(20(10-14)25(33)34)24-18-6-3-15(30)11-21(18)36-22-12-16(31)4-7-19(22)24;1-25-13-17(22)20-11-12-21-19(24)16-9-7-15(8-10-16)18(23)14-5-3-2-4-6-14;1-20-8-11(18)14-6-7-15-12(19)9-2-4-10(5-3-9)16-17-13/h2-7,10-12,30H,8-9,13H2,1H3,(H,27,32)(H,33,34)(H2,28,29,37);2-10H,11-13H2,1H3,(H,20,22)(H,21,24);2-5H,6-8H2,1H3,(H,14,18)(H,15,19). The van der Waals surface area contributed by atoms with Crippen LogP contribution in [0.3, 0.4) is 0 Å². The molecule has 0 atom stereocenters. The molecule has 0 saturated heterocycles. The van der Waals surface area contributed by atoms with Crippen molar-refractivity contribution >= 4 is 81.0 Å². The Morgan fingerprint density at radius 2 is 1.09 bits per heavy atom. The van der Waals surface area contributed by atoms with Gasteiger partial charge in [0, 0.05) is 128 Å². The van der Waals surface area contributed by atoms with Gasteiger partial charge in [0.1, 0.15) is 36.9 Å². The number of carbonyl (C=O) groups excluding carboxylic acids is 6. The first kappa shape index (κ1) is 62.8. The van der Waals surface area contributed by atoms with Gasteiger partial charge in [0.25, 0.3) is 11.8 Å². The molecule has 1 aliphatic carbocycles. The van der Waals surface area contributed by atoms with Gasteiger partial charge in [0.15, 0.2) is 16.3 Å². The molecule has 9 N–H and O–H groups in total. The number of nitrogens with one attached hydrogen (secondary N) is 7. The van der Waals surface area contributed by atoms with Crippen LogP contribution >= 0.6 is 12.2 Å². The minimum atomic E-state index is -1.17. The quantitative estimate of drug-likeness (QED) is 0.00721. The molecule has 0 aromatic heterocycles. The Labute approximate surface area is 474 Å². The fourth-order valence-corrected chi connectivity index (χ4v) is 7.71. The first-order valence-corrected chi connectivity index (χ1v) is 25.3. The Hall–Kier alpha value is -10.0. The van der Waals surface area contributed by atoms with E-state index in [4.69, 9.17) is 26.9 Å². The summed E-state index contributed by atoms with van der Waals surface area (Å²) in [6.07, 6.45) is 0. The fourth-order valence-electron chi connectivity index (χ4n) is 7.49. The highest BCUT2D eigenvalue weighted by atomic mass is 32.1. The Morgan fingerprint density at radius 1 is 0.585 bits per heavy atom. The van der Waals surface area contributed by atoms with Crippen LogP contribution in [0.4, 0.5) is 11.4 Å². The summed E-state index contributed by atoms with van der Waals surface area (Å²) in [4.78, 5) is 96.7. The maximum atomic E-state index is 12.3. The summed E-state index contributed by atoms with van der Waals surface area (Å²) in [5.74, 6) is -2.27. The number of nitrogens with zero attached hydrogens (tertiary/aromatic N) is 3. The Balaban J connectivity index is 0.000000239. The molecule has 1 heterocycles. The number of carboxylic acid groups (broad SMARTS) is 1. The van der Waals surface area contributed by atoms with Gasteiger partial charge in [0.05, 0.1) is 5.56 Å². The summed E-state index contributed by atoms with van der Waals surface area (Å²) in [5.41, 5.74) is 12.7. The van der Waals surface area contributed by atoms with Gasteiger partial charge >= 0.3 is 5.97 Å². The maximum absolute atomic E-state index is 12.3. The molecule has 7 rings (SSSR count). The van der Waals surface area contributed by atoms with Crippen LogP contribution in [0.2, 0.25) is 0 Å². The lowest BCUT2D eigenvalue weighted by Gasteiger charge is -2.18. The number of aromatic carboxylic acids is 1. The fraction of sp³-hybridized carbons (Fsp3) is 0.211. The molecule has 0 bridgehead atoms. The molecule has 0 spiro atoms. The molecule has 5 amide bonds. The van der Waals surface area contributed by atoms with E-state index in [1.54, 1.807) is 97.1 Å². The number of amides is 5. The van der Waals surface area contributed by atoms with Crippen molar-refractivity contribution in [3.8, 4) is 28.2 Å². The molecular formula is C57H58N10O14S. The molecule has 5 aromatic rings. The number of ether oxygens (including phenoxy) is 3. The molecule has 0 unspecified atom stereocenters. The lowest BCUT2D eigenvalue weighted by Crippen LogP contribution is -2.37. The van der Waals surface area contributed by atoms with Gasteiger partial charge in [-0.25, -0.2) is 4.79 Å². The maximum Gasteiger partial charge on any atom is 0.336 e. The van der Waals surface area contributed by atoms with Gasteiger partial charge in [-0.15, -0.1) is 0 Å². The zero-order chi connectivity index (χ0) is 59.4. The van der Waals surface area contributed by atoms with Crippen molar-refractivity contribution in [1.82, 2.24) is 31.9 Å². The molecule has 25 heteroatoms. The lowest BCUT2D eigenvalue weighted by atomic mass is 9.90. The largest absolute Gasteiger partial charge is 0.508 e. The molecule has 1 aliphatic heterocycles. The molecule has 426 valence electrons. The van der Waals surface area contributed by atoms with Crippen LogP contribution < -0.4 is 42.6 Å². The second kappa shape index (κ2) is 32.8. The number of thiocarbonyl (C=S) groups is 1. The van der Waals surface area contributed by atoms with Crippen molar-refractivity contribution in [1.29, 1.82) is 0 Å². The number of fused-ring (bicyclic) bond motifs is 2. The third kappa shape index (κ3) is 19.7. The predicted molar refractivity (Wildman–Crippen MR) is 308 cm³/mol. The van der Waals surface area contributed by atoms with E-state index in [2.05, 4.69) is 56.7 Å². The lowest BCUT2D eigenvalue weighted by molar-refractivity contribution is -0.125. The molecule has 5 aromatic carbocycles. The van der Waals surface area contributed by atoms with E-state index in [9.17, 15) is 48.6 Å². The highest BCUT2D eigenvalue weighted by molar-refractivity contribution is 7.80. The van der Waals surface area contributed by atoms with E-state index in [1.165, 1.54) is 51.7 Å². The van der Waals surface area contributed by atoms with Gasteiger partial charge in [-0.2, -0.15) is 0 Å². The van der Waals surface area contributed by atoms with Gasteiger partial charge in [0.2, 0.25) is 17.7 Å². The molecule has 2 aliphatic rings. The van der Waals surface area contributed by atoms with Crippen molar-refractivity contribution in [3.05, 3.63) is 182 Å². The number of carbonyl (C=O) groups is 7. The van der Waals surface area contributed by atoms with Crippen molar-refractivity contribution in [3.63, 3.8) is 0 Å². The van der Waals surface area contributed by atoms with Crippen LogP contribution in [0, 0.1) is 0 Å². The minimum absolute atomic E-state index is 0.00514. The summed E-state index contributed by atoms with van der Waals surface area (Å²) in [6.45, 7) is 1.88. The second-order valence-electron chi connectivity index (χ2n) is 17.1. The number of rotatable bonds is 23. The van der Waals surface area contributed by atoms with Crippen LogP contribution in [-0.2, 0) is 28.6 Å². The van der Waals surface area contributed by atoms with Crippen LogP contribution in [0.15, 0.2) is 148 Å². The number of carboxylic acids is 1. The van der Waals surface area contributed by atoms with Crippen molar-refractivity contribution in [2.75, 3.05) is 85.7 Å². The van der Waals surface area contributed by atoms with Crippen molar-refractivity contribution in [2.45, 2.75) is 0 Å². The number of aromatic hydroxyl groups is 1. The number of azide groups is 1. The highest BCUT2D eigenvalue weighted by Crippen LogP contribution is 2.42.